The molecule has 140 valence electrons. The number of ether oxygens (including phenoxy) is 1. The fourth-order valence-corrected chi connectivity index (χ4v) is 2.83. The van der Waals surface area contributed by atoms with Crippen LogP contribution < -0.4 is 15.0 Å². The van der Waals surface area contributed by atoms with Crippen molar-refractivity contribution >= 4 is 29.2 Å². The van der Waals surface area contributed by atoms with Gasteiger partial charge < -0.3 is 20.1 Å². The molecule has 0 spiro atoms. The Morgan fingerprint density at radius 2 is 1.81 bits per heavy atom. The average molecular weight is 368 g/mol. The molecule has 1 unspecified atom stereocenters. The van der Waals surface area contributed by atoms with Crippen LogP contribution in [0.4, 0.5) is 11.4 Å². The molecule has 2 aromatic carbocycles. The fourth-order valence-electron chi connectivity index (χ4n) is 2.83. The number of nitrogens with one attached hydrogen (secondary N) is 1. The Morgan fingerprint density at radius 1 is 1.15 bits per heavy atom. The summed E-state index contributed by atoms with van der Waals surface area (Å²) in [7, 11) is 0. The summed E-state index contributed by atoms with van der Waals surface area (Å²) < 4.78 is 5.46. The van der Waals surface area contributed by atoms with E-state index >= 15 is 0 Å². The first-order valence-electron chi connectivity index (χ1n) is 8.55. The molecular weight excluding hydrogens is 348 g/mol. The molecule has 0 bridgehead atoms. The van der Waals surface area contributed by atoms with E-state index in [1.54, 1.807) is 24.3 Å². The highest BCUT2D eigenvalue weighted by atomic mass is 16.5. The van der Waals surface area contributed by atoms with Gasteiger partial charge in [-0.05, 0) is 43.3 Å². The summed E-state index contributed by atoms with van der Waals surface area (Å²) in [4.78, 5) is 36.4. The molecular formula is C20H20N2O5. The van der Waals surface area contributed by atoms with Crippen molar-refractivity contribution in [2.75, 3.05) is 23.4 Å². The van der Waals surface area contributed by atoms with Crippen molar-refractivity contribution in [1.29, 1.82) is 0 Å². The number of anilines is 2. The van der Waals surface area contributed by atoms with Crippen LogP contribution in [0.25, 0.3) is 0 Å². The molecule has 1 fully saturated rings. The number of carbonyl (C=O) groups excluding carboxylic acids is 2. The molecule has 1 saturated heterocycles. The topological polar surface area (TPSA) is 95.9 Å². The summed E-state index contributed by atoms with van der Waals surface area (Å²) in [6.45, 7) is 1.99. The van der Waals surface area contributed by atoms with Gasteiger partial charge in [0, 0.05) is 24.3 Å². The van der Waals surface area contributed by atoms with Crippen molar-refractivity contribution in [1.82, 2.24) is 0 Å². The van der Waals surface area contributed by atoms with Gasteiger partial charge in [0.05, 0.1) is 5.92 Å². The van der Waals surface area contributed by atoms with Crippen LogP contribution in [0.2, 0.25) is 0 Å². The van der Waals surface area contributed by atoms with Gasteiger partial charge in [-0.3, -0.25) is 14.4 Å². The second-order valence-corrected chi connectivity index (χ2v) is 6.44. The number of carboxylic acid groups (broad SMARTS) is 1. The zero-order valence-electron chi connectivity index (χ0n) is 14.8. The molecule has 2 aromatic rings. The van der Waals surface area contributed by atoms with Crippen LogP contribution >= 0.6 is 0 Å². The van der Waals surface area contributed by atoms with Gasteiger partial charge in [0.15, 0.2) is 6.61 Å². The molecule has 1 heterocycles. The van der Waals surface area contributed by atoms with Crippen LogP contribution in [0.15, 0.2) is 48.5 Å². The monoisotopic (exact) mass is 368 g/mol. The third kappa shape index (κ3) is 4.63. The van der Waals surface area contributed by atoms with E-state index < -0.39 is 11.9 Å². The van der Waals surface area contributed by atoms with Crippen molar-refractivity contribution in [3.8, 4) is 5.75 Å². The normalized spacial score (nSPS) is 16.3. The third-order valence-electron chi connectivity index (χ3n) is 4.33. The molecule has 0 radical (unpaired) electrons. The Labute approximate surface area is 156 Å². The number of aliphatic carboxylic acids is 1. The Kier molecular flexibility index (Phi) is 5.40. The number of hydrogen-bond acceptors (Lipinski definition) is 4. The van der Waals surface area contributed by atoms with Crippen molar-refractivity contribution in [3.63, 3.8) is 0 Å². The van der Waals surface area contributed by atoms with E-state index in [1.165, 1.54) is 4.90 Å². The van der Waals surface area contributed by atoms with Crippen molar-refractivity contribution in [2.45, 2.75) is 13.3 Å². The molecule has 2 amide bonds. The third-order valence-corrected chi connectivity index (χ3v) is 4.33. The Hall–Kier alpha value is -3.35. The number of carboxylic acids is 1. The fraction of sp³-hybridized carbons (Fsp3) is 0.250. The van der Waals surface area contributed by atoms with E-state index in [0.717, 1.165) is 5.56 Å². The summed E-state index contributed by atoms with van der Waals surface area (Å²) >= 11 is 0. The molecule has 2 N–H and O–H groups in total. The molecule has 7 nitrogen and oxygen atoms in total. The van der Waals surface area contributed by atoms with Crippen molar-refractivity contribution in [3.05, 3.63) is 54.1 Å². The zero-order valence-corrected chi connectivity index (χ0v) is 14.8. The van der Waals surface area contributed by atoms with Gasteiger partial charge in [0.2, 0.25) is 5.91 Å². The number of rotatable bonds is 6. The average Bonchev–Trinajstić information content (AvgIpc) is 3.04. The maximum Gasteiger partial charge on any atom is 0.308 e. The smallest absolute Gasteiger partial charge is 0.308 e. The van der Waals surface area contributed by atoms with Gasteiger partial charge in [-0.1, -0.05) is 17.7 Å². The van der Waals surface area contributed by atoms with Gasteiger partial charge >= 0.3 is 5.97 Å². The molecule has 0 aromatic heterocycles. The molecule has 1 atom stereocenters. The van der Waals surface area contributed by atoms with Crippen LogP contribution in [-0.2, 0) is 14.4 Å². The van der Waals surface area contributed by atoms with E-state index in [9.17, 15) is 14.4 Å². The Balaban J connectivity index is 1.53. The second-order valence-electron chi connectivity index (χ2n) is 6.44. The first-order valence-corrected chi connectivity index (χ1v) is 8.55. The highest BCUT2D eigenvalue weighted by Crippen LogP contribution is 2.27. The van der Waals surface area contributed by atoms with E-state index in [4.69, 9.17) is 9.84 Å². The lowest BCUT2D eigenvalue weighted by Crippen LogP contribution is -2.25. The molecule has 7 heteroatoms. The van der Waals surface area contributed by atoms with Gasteiger partial charge in [-0.15, -0.1) is 0 Å². The SMILES string of the molecule is Cc1ccc(NC(=O)COc2ccc(N3CC(C(=O)O)CC3=O)cc2)cc1. The molecule has 1 aliphatic heterocycles. The van der Waals surface area contributed by atoms with E-state index in [1.807, 2.05) is 31.2 Å². The number of hydrogen-bond donors (Lipinski definition) is 2. The Bertz CT molecular complexity index is 846. The quantitative estimate of drug-likeness (QED) is 0.816. The van der Waals surface area contributed by atoms with E-state index in [-0.39, 0.29) is 31.4 Å². The zero-order chi connectivity index (χ0) is 19.4. The maximum absolute atomic E-state index is 12.0. The second kappa shape index (κ2) is 7.90. The first-order chi connectivity index (χ1) is 12.9. The number of nitrogens with zero attached hydrogens (tertiary/aromatic N) is 1. The van der Waals surface area contributed by atoms with Gasteiger partial charge in [-0.2, -0.15) is 0 Å². The lowest BCUT2D eigenvalue weighted by molar-refractivity contribution is -0.141. The predicted molar refractivity (Wildman–Crippen MR) is 99.8 cm³/mol. The Morgan fingerprint density at radius 3 is 2.41 bits per heavy atom. The number of carbonyl (C=O) groups is 3. The molecule has 27 heavy (non-hydrogen) atoms. The van der Waals surface area contributed by atoms with Gasteiger partial charge in [0.1, 0.15) is 5.75 Å². The minimum absolute atomic E-state index is 0.00671. The first kappa shape index (κ1) is 18.4. The van der Waals surface area contributed by atoms with E-state index in [0.29, 0.717) is 17.1 Å². The van der Waals surface area contributed by atoms with Crippen molar-refractivity contribution < 1.29 is 24.2 Å². The van der Waals surface area contributed by atoms with Crippen LogP contribution in [0, 0.1) is 12.8 Å². The van der Waals surface area contributed by atoms with E-state index in [2.05, 4.69) is 5.32 Å². The summed E-state index contributed by atoms with van der Waals surface area (Å²) in [5.74, 6) is -1.65. The standard InChI is InChI=1S/C20H20N2O5/c1-13-2-4-15(5-3-13)21-18(23)12-27-17-8-6-16(7-9-17)22-11-14(20(25)26)10-19(22)24/h2-9,14H,10-12H2,1H3,(H,21,23)(H,25,26). The number of aryl methyl sites for hydroxylation is 1. The summed E-state index contributed by atoms with van der Waals surface area (Å²) in [5.41, 5.74) is 2.42. The van der Waals surface area contributed by atoms with Crippen LogP contribution in [0.1, 0.15) is 12.0 Å². The van der Waals surface area contributed by atoms with Gasteiger partial charge in [-0.25, -0.2) is 0 Å². The lowest BCUT2D eigenvalue weighted by atomic mass is 10.1. The van der Waals surface area contributed by atoms with Crippen LogP contribution in [-0.4, -0.2) is 36.0 Å². The number of amides is 2. The lowest BCUT2D eigenvalue weighted by Gasteiger charge is -2.16. The van der Waals surface area contributed by atoms with Crippen LogP contribution in [0.3, 0.4) is 0 Å². The summed E-state index contributed by atoms with van der Waals surface area (Å²) in [6.07, 6.45) is 0.00671. The molecule has 0 aliphatic carbocycles. The highest BCUT2D eigenvalue weighted by Gasteiger charge is 2.34. The van der Waals surface area contributed by atoms with Crippen molar-refractivity contribution in [2.24, 2.45) is 5.92 Å². The summed E-state index contributed by atoms with van der Waals surface area (Å²) in [6, 6.07) is 14.1. The summed E-state index contributed by atoms with van der Waals surface area (Å²) in [5, 5.41) is 11.8. The maximum atomic E-state index is 12.0. The molecule has 3 rings (SSSR count). The highest BCUT2D eigenvalue weighted by molar-refractivity contribution is 5.99. The largest absolute Gasteiger partial charge is 0.484 e. The predicted octanol–water partition coefficient (Wildman–Crippen LogP) is 2.45. The van der Waals surface area contributed by atoms with Crippen LogP contribution in [0.5, 0.6) is 5.75 Å². The minimum atomic E-state index is -0.967. The molecule has 0 saturated carbocycles. The number of benzene rings is 2. The minimum Gasteiger partial charge on any atom is -0.484 e. The molecule has 1 aliphatic rings. The van der Waals surface area contributed by atoms with Gasteiger partial charge in [0.25, 0.3) is 5.91 Å².